The summed E-state index contributed by atoms with van der Waals surface area (Å²) in [5.41, 5.74) is 1.68. The van der Waals surface area contributed by atoms with Crippen LogP contribution in [-0.2, 0) is 16.8 Å². The summed E-state index contributed by atoms with van der Waals surface area (Å²) < 4.78 is 16.9. The van der Waals surface area contributed by atoms with E-state index < -0.39 is 23.4 Å². The predicted octanol–water partition coefficient (Wildman–Crippen LogP) is 6.65. The van der Waals surface area contributed by atoms with Crippen molar-refractivity contribution in [2.75, 3.05) is 10.7 Å². The number of hydrogen-bond acceptors (Lipinski definition) is 4. The molecular formula is C28H32ClFN4O3S. The molecule has 0 radical (unpaired) electrons. The van der Waals surface area contributed by atoms with Gasteiger partial charge in [0.2, 0.25) is 5.91 Å². The zero-order chi connectivity index (χ0) is 27.8. The van der Waals surface area contributed by atoms with E-state index >= 15 is 4.39 Å². The van der Waals surface area contributed by atoms with Crippen molar-refractivity contribution in [3.05, 3.63) is 70.8 Å². The molecule has 0 aliphatic carbocycles. The van der Waals surface area contributed by atoms with E-state index in [1.807, 2.05) is 18.3 Å². The number of nitrogens with zero attached hydrogens (tertiary/aromatic N) is 3. The first-order valence-corrected chi connectivity index (χ1v) is 13.7. The van der Waals surface area contributed by atoms with Crippen LogP contribution in [0, 0.1) is 11.7 Å². The Balaban J connectivity index is 1.77. The number of thioether (sulfide) groups is 1. The van der Waals surface area contributed by atoms with E-state index in [1.54, 1.807) is 43.1 Å². The molecule has 0 unspecified atom stereocenters. The summed E-state index contributed by atoms with van der Waals surface area (Å²) in [6.07, 6.45) is 2.68. The Bertz CT molecular complexity index is 1350. The quantitative estimate of drug-likeness (QED) is 0.353. The number of carbonyl (C=O) groups excluding carboxylic acids is 1. The van der Waals surface area contributed by atoms with Crippen molar-refractivity contribution in [1.29, 1.82) is 0 Å². The van der Waals surface area contributed by atoms with Gasteiger partial charge < -0.3 is 15.3 Å². The molecule has 0 saturated heterocycles. The number of halogens is 2. The molecule has 3 aromatic rings. The van der Waals surface area contributed by atoms with Crippen LogP contribution in [0.15, 0.2) is 53.7 Å². The Labute approximate surface area is 231 Å². The number of nitrogens with one attached hydrogen (secondary N) is 1. The number of hydrogen-bond donors (Lipinski definition) is 2. The smallest absolute Gasteiger partial charge is 0.405 e. The monoisotopic (exact) mass is 558 g/mol. The third kappa shape index (κ3) is 6.32. The summed E-state index contributed by atoms with van der Waals surface area (Å²) in [6.45, 7) is 9.94. The number of carbonyl (C=O) groups is 2. The highest BCUT2D eigenvalue weighted by molar-refractivity contribution is 7.99. The molecule has 38 heavy (non-hydrogen) atoms. The van der Waals surface area contributed by atoms with Crippen LogP contribution in [0.1, 0.15) is 52.2 Å². The Morgan fingerprint density at radius 3 is 2.47 bits per heavy atom. The minimum Gasteiger partial charge on any atom is -0.465 e. The van der Waals surface area contributed by atoms with Crippen LogP contribution in [0.4, 0.5) is 14.9 Å². The predicted molar refractivity (Wildman–Crippen MR) is 149 cm³/mol. The van der Waals surface area contributed by atoms with Crippen LogP contribution >= 0.6 is 23.4 Å². The fraction of sp³-hybridized carbons (Fsp3) is 0.393. The van der Waals surface area contributed by atoms with Crippen molar-refractivity contribution in [2.45, 2.75) is 63.4 Å². The molecule has 2 heterocycles. The number of rotatable bonds is 6. The first-order chi connectivity index (χ1) is 17.7. The molecule has 4 rings (SSSR count). The molecule has 7 nitrogen and oxygen atoms in total. The molecule has 2 aromatic carbocycles. The first-order valence-electron chi connectivity index (χ1n) is 12.3. The lowest BCUT2D eigenvalue weighted by Crippen LogP contribution is -2.47. The lowest BCUT2D eigenvalue weighted by molar-refractivity contribution is -0.122. The average molecular weight is 559 g/mol. The van der Waals surface area contributed by atoms with Crippen molar-refractivity contribution in [3.63, 3.8) is 0 Å². The van der Waals surface area contributed by atoms with Crippen LogP contribution in [0.5, 0.6) is 0 Å². The maximum absolute atomic E-state index is 15.4. The van der Waals surface area contributed by atoms with E-state index in [9.17, 15) is 14.7 Å². The second-order valence-corrected chi connectivity index (χ2v) is 12.8. The third-order valence-electron chi connectivity index (χ3n) is 6.53. The zero-order valence-electron chi connectivity index (χ0n) is 22.1. The molecule has 0 spiro atoms. The zero-order valence-corrected chi connectivity index (χ0v) is 23.7. The summed E-state index contributed by atoms with van der Waals surface area (Å²) in [6, 6.07) is 10.4. The summed E-state index contributed by atoms with van der Waals surface area (Å²) in [7, 11) is 0. The van der Waals surface area contributed by atoms with E-state index in [1.165, 1.54) is 22.5 Å². The number of anilines is 1. The number of fused-ring (bicyclic) bond motifs is 1. The summed E-state index contributed by atoms with van der Waals surface area (Å²) in [5, 5.41) is 16.8. The van der Waals surface area contributed by atoms with Crippen LogP contribution in [0.2, 0.25) is 5.02 Å². The van der Waals surface area contributed by atoms with Crippen molar-refractivity contribution in [1.82, 2.24) is 15.1 Å². The van der Waals surface area contributed by atoms with Gasteiger partial charge in [0.15, 0.2) is 0 Å². The molecule has 202 valence electrons. The topological polar surface area (TPSA) is 87.5 Å². The number of aromatic nitrogens is 2. The maximum atomic E-state index is 15.4. The van der Waals surface area contributed by atoms with Gasteiger partial charge in [0, 0.05) is 27.4 Å². The number of amides is 2. The molecule has 1 atom stereocenters. The Morgan fingerprint density at radius 2 is 1.87 bits per heavy atom. The van der Waals surface area contributed by atoms with Crippen LogP contribution in [0.3, 0.4) is 0 Å². The fourth-order valence-corrected chi connectivity index (χ4v) is 5.79. The van der Waals surface area contributed by atoms with Crippen molar-refractivity contribution < 1.29 is 19.1 Å². The molecule has 1 aromatic heterocycles. The maximum Gasteiger partial charge on any atom is 0.405 e. The van der Waals surface area contributed by atoms with Crippen molar-refractivity contribution in [3.8, 4) is 5.69 Å². The molecule has 10 heteroatoms. The number of carboxylic acid groups (broad SMARTS) is 1. The van der Waals surface area contributed by atoms with Gasteiger partial charge in [-0.05, 0) is 61.1 Å². The van der Waals surface area contributed by atoms with E-state index in [0.717, 1.165) is 11.1 Å². The van der Waals surface area contributed by atoms with Crippen LogP contribution < -0.4 is 10.2 Å². The molecule has 1 aliphatic heterocycles. The first kappa shape index (κ1) is 28.0. The van der Waals surface area contributed by atoms with Crippen LogP contribution in [0.25, 0.3) is 5.69 Å². The van der Waals surface area contributed by atoms with E-state index in [0.29, 0.717) is 27.8 Å². The Kier molecular flexibility index (Phi) is 7.81. The minimum atomic E-state index is -1.15. The highest BCUT2D eigenvalue weighted by Crippen LogP contribution is 2.41. The normalized spacial score (nSPS) is 16.2. The largest absolute Gasteiger partial charge is 0.465 e. The van der Waals surface area contributed by atoms with Crippen LogP contribution in [-0.4, -0.2) is 38.2 Å². The molecule has 2 amide bonds. The summed E-state index contributed by atoms with van der Waals surface area (Å²) in [4.78, 5) is 27.6. The molecule has 0 fully saturated rings. The van der Waals surface area contributed by atoms with Gasteiger partial charge in [0.05, 0.1) is 24.3 Å². The minimum absolute atomic E-state index is 0.153. The Morgan fingerprint density at radius 1 is 1.18 bits per heavy atom. The lowest BCUT2D eigenvalue weighted by Gasteiger charge is -2.31. The van der Waals surface area contributed by atoms with Gasteiger partial charge >= 0.3 is 6.09 Å². The summed E-state index contributed by atoms with van der Waals surface area (Å²) >= 11 is 7.47. The van der Waals surface area contributed by atoms with Gasteiger partial charge in [-0.3, -0.25) is 4.79 Å². The van der Waals surface area contributed by atoms with Gasteiger partial charge in [-0.2, -0.15) is 5.10 Å². The van der Waals surface area contributed by atoms with Gasteiger partial charge in [0.1, 0.15) is 11.5 Å². The SMILES string of the molecule is CC(C)(C[C@H]1CSc2cc(F)c(-n3cc(C(C)(C)C)cn3)cc2N(Cc2ccc(Cl)cc2)C1=O)NC(=O)O. The van der Waals surface area contributed by atoms with Gasteiger partial charge in [0.25, 0.3) is 0 Å². The highest BCUT2D eigenvalue weighted by Gasteiger charge is 2.36. The lowest BCUT2D eigenvalue weighted by atomic mass is 9.90. The van der Waals surface area contributed by atoms with Gasteiger partial charge in [-0.1, -0.05) is 44.5 Å². The second kappa shape index (κ2) is 10.6. The highest BCUT2D eigenvalue weighted by atomic mass is 35.5. The van der Waals surface area contributed by atoms with E-state index in [-0.39, 0.29) is 23.6 Å². The average Bonchev–Trinajstić information content (AvgIpc) is 3.27. The molecule has 0 bridgehead atoms. The van der Waals surface area contributed by atoms with Crippen molar-refractivity contribution >= 4 is 41.1 Å². The molecule has 1 aliphatic rings. The van der Waals surface area contributed by atoms with E-state index in [4.69, 9.17) is 11.6 Å². The second-order valence-electron chi connectivity index (χ2n) is 11.3. The Hall–Kier alpha value is -3.04. The van der Waals surface area contributed by atoms with E-state index in [2.05, 4.69) is 31.2 Å². The van der Waals surface area contributed by atoms with Gasteiger partial charge in [-0.15, -0.1) is 11.8 Å². The van der Waals surface area contributed by atoms with Gasteiger partial charge in [-0.25, -0.2) is 13.9 Å². The fourth-order valence-electron chi connectivity index (χ4n) is 4.52. The molecule has 2 N–H and O–H groups in total. The third-order valence-corrected chi connectivity index (χ3v) is 7.98. The number of benzene rings is 2. The van der Waals surface area contributed by atoms with Crippen molar-refractivity contribution in [2.24, 2.45) is 5.92 Å². The molecular weight excluding hydrogens is 527 g/mol. The standard InChI is InChI=1S/C28H32ClFN4O3S/c1-27(2,3)19-13-31-34(15-19)22-11-23-24(10-21(22)30)38-16-18(12-28(4,5)32-26(36)37)25(35)33(23)14-17-6-8-20(29)9-7-17/h6-11,13,15,18,32H,12,14,16H2,1-5H3,(H,36,37)/t18-/m0/s1. The molecule has 0 saturated carbocycles. The summed E-state index contributed by atoms with van der Waals surface area (Å²) in [5.74, 6) is -0.697.